The maximum atomic E-state index is 5.63. The number of rotatable bonds is 7. The van der Waals surface area contributed by atoms with E-state index in [2.05, 4.69) is 34.7 Å². The number of methoxy groups -OCH3 is 1. The fraction of sp³-hybridized carbons (Fsp3) is 0.917. The van der Waals surface area contributed by atoms with Gasteiger partial charge in [0.05, 0.1) is 19.2 Å². The zero-order chi connectivity index (χ0) is 13.7. The van der Waals surface area contributed by atoms with Crippen LogP contribution in [-0.4, -0.2) is 52.7 Å². The molecule has 108 valence electrons. The Hall–Kier alpha value is -1.05. The van der Waals surface area contributed by atoms with E-state index in [9.17, 15) is 0 Å². The molecule has 0 amide bonds. The Morgan fingerprint density at radius 1 is 1.58 bits per heavy atom. The predicted octanol–water partition coefficient (Wildman–Crippen LogP) is 0.539. The molecular formula is C12H23N5O2. The van der Waals surface area contributed by atoms with Gasteiger partial charge < -0.3 is 14.8 Å². The minimum atomic E-state index is -0.297. The summed E-state index contributed by atoms with van der Waals surface area (Å²) in [5.41, 5.74) is -0.297. The van der Waals surface area contributed by atoms with Crippen molar-refractivity contribution in [2.45, 2.75) is 44.9 Å². The van der Waals surface area contributed by atoms with Gasteiger partial charge in [-0.1, -0.05) is 6.92 Å². The minimum Gasteiger partial charge on any atom is -0.378 e. The summed E-state index contributed by atoms with van der Waals surface area (Å²) in [4.78, 5) is 0. The third-order valence-corrected chi connectivity index (χ3v) is 3.59. The van der Waals surface area contributed by atoms with Crippen molar-refractivity contribution in [1.29, 1.82) is 0 Å². The first-order valence-corrected chi connectivity index (χ1v) is 6.83. The molecule has 0 radical (unpaired) electrons. The molecule has 1 fully saturated rings. The number of nitrogens with one attached hydrogen (secondary N) is 1. The summed E-state index contributed by atoms with van der Waals surface area (Å²) in [6.45, 7) is 7.12. The molecule has 0 saturated carbocycles. The largest absolute Gasteiger partial charge is 0.378 e. The number of nitrogens with zero attached hydrogens (tertiary/aromatic N) is 4. The molecule has 1 aromatic heterocycles. The van der Waals surface area contributed by atoms with E-state index >= 15 is 0 Å². The number of tetrazole rings is 1. The van der Waals surface area contributed by atoms with Crippen LogP contribution in [0.5, 0.6) is 0 Å². The van der Waals surface area contributed by atoms with Gasteiger partial charge in [0.1, 0.15) is 5.60 Å². The molecule has 2 rings (SSSR count). The average Bonchev–Trinajstić information content (AvgIpc) is 3.06. The summed E-state index contributed by atoms with van der Waals surface area (Å²) in [5, 5.41) is 15.4. The van der Waals surface area contributed by atoms with Crippen molar-refractivity contribution in [3.05, 3.63) is 5.82 Å². The van der Waals surface area contributed by atoms with Crippen molar-refractivity contribution in [3.63, 3.8) is 0 Å². The topological polar surface area (TPSA) is 74.1 Å². The van der Waals surface area contributed by atoms with Gasteiger partial charge in [-0.15, -0.1) is 5.10 Å². The van der Waals surface area contributed by atoms with E-state index < -0.39 is 0 Å². The van der Waals surface area contributed by atoms with E-state index in [1.54, 1.807) is 7.11 Å². The summed E-state index contributed by atoms with van der Waals surface area (Å²) >= 11 is 0. The third kappa shape index (κ3) is 3.29. The van der Waals surface area contributed by atoms with Gasteiger partial charge in [-0.05, 0) is 30.3 Å². The van der Waals surface area contributed by atoms with E-state index in [0.29, 0.717) is 13.2 Å². The van der Waals surface area contributed by atoms with Gasteiger partial charge in [0.15, 0.2) is 5.82 Å². The summed E-state index contributed by atoms with van der Waals surface area (Å²) in [5.74, 6) is 0.844. The standard InChI is InChI=1S/C12H23N5O2/c1-4-6-13-10(2)11-14-15-16-17(11)8-12(18-3)5-7-19-9-12/h10,13H,4-9H2,1-3H3. The Bertz CT molecular complexity index is 389. The van der Waals surface area contributed by atoms with Crippen molar-refractivity contribution in [3.8, 4) is 0 Å². The molecule has 7 heteroatoms. The number of ether oxygens (including phenoxy) is 2. The maximum Gasteiger partial charge on any atom is 0.168 e. The van der Waals surface area contributed by atoms with Gasteiger partial charge in [0, 0.05) is 20.1 Å². The molecule has 0 aliphatic carbocycles. The fourth-order valence-corrected chi connectivity index (χ4v) is 2.30. The van der Waals surface area contributed by atoms with Crippen molar-refractivity contribution < 1.29 is 9.47 Å². The Balaban J connectivity index is 2.06. The lowest BCUT2D eigenvalue weighted by molar-refractivity contribution is -0.0329. The second-order valence-corrected chi connectivity index (χ2v) is 5.06. The quantitative estimate of drug-likeness (QED) is 0.778. The number of aromatic nitrogens is 4. The maximum absolute atomic E-state index is 5.63. The van der Waals surface area contributed by atoms with Crippen molar-refractivity contribution in [2.75, 3.05) is 26.9 Å². The minimum absolute atomic E-state index is 0.131. The molecule has 0 aromatic carbocycles. The molecule has 0 bridgehead atoms. The van der Waals surface area contributed by atoms with Crippen LogP contribution in [0, 0.1) is 0 Å². The van der Waals surface area contributed by atoms with Crippen molar-refractivity contribution >= 4 is 0 Å². The SMILES string of the molecule is CCCNC(C)c1nnnn1CC1(OC)CCOC1. The highest BCUT2D eigenvalue weighted by Gasteiger charge is 2.36. The van der Waals surface area contributed by atoms with Gasteiger partial charge >= 0.3 is 0 Å². The van der Waals surface area contributed by atoms with Gasteiger partial charge in [0.25, 0.3) is 0 Å². The summed E-state index contributed by atoms with van der Waals surface area (Å²) in [7, 11) is 1.72. The van der Waals surface area contributed by atoms with Crippen LogP contribution in [-0.2, 0) is 16.0 Å². The molecular weight excluding hydrogens is 246 g/mol. The smallest absolute Gasteiger partial charge is 0.168 e. The van der Waals surface area contributed by atoms with Gasteiger partial charge in [0.2, 0.25) is 0 Å². The van der Waals surface area contributed by atoms with Gasteiger partial charge in [-0.2, -0.15) is 0 Å². The van der Waals surface area contributed by atoms with E-state index in [1.165, 1.54) is 0 Å². The Morgan fingerprint density at radius 3 is 3.05 bits per heavy atom. The number of hydrogen-bond acceptors (Lipinski definition) is 6. The van der Waals surface area contributed by atoms with Crippen LogP contribution in [0.25, 0.3) is 0 Å². The highest BCUT2D eigenvalue weighted by molar-refractivity contribution is 4.93. The van der Waals surface area contributed by atoms with Crippen LogP contribution in [0.4, 0.5) is 0 Å². The molecule has 1 aliphatic rings. The molecule has 1 aromatic rings. The van der Waals surface area contributed by atoms with Crippen LogP contribution in [0.15, 0.2) is 0 Å². The molecule has 1 N–H and O–H groups in total. The van der Waals surface area contributed by atoms with Gasteiger partial charge in [-0.3, -0.25) is 0 Å². The summed E-state index contributed by atoms with van der Waals surface area (Å²) in [6.07, 6.45) is 1.96. The molecule has 2 atom stereocenters. The lowest BCUT2D eigenvalue weighted by Crippen LogP contribution is -2.38. The second-order valence-electron chi connectivity index (χ2n) is 5.06. The van der Waals surface area contributed by atoms with Crippen LogP contribution in [0.2, 0.25) is 0 Å². The van der Waals surface area contributed by atoms with Crippen LogP contribution >= 0.6 is 0 Å². The van der Waals surface area contributed by atoms with Gasteiger partial charge in [-0.25, -0.2) is 4.68 Å². The molecule has 1 saturated heterocycles. The first kappa shape index (κ1) is 14.4. The number of hydrogen-bond donors (Lipinski definition) is 1. The first-order chi connectivity index (χ1) is 9.21. The summed E-state index contributed by atoms with van der Waals surface area (Å²) < 4.78 is 12.9. The Labute approximate surface area is 113 Å². The second kappa shape index (κ2) is 6.40. The van der Waals surface area contributed by atoms with Crippen LogP contribution in [0.1, 0.15) is 38.6 Å². The Morgan fingerprint density at radius 2 is 2.42 bits per heavy atom. The van der Waals surface area contributed by atoms with Crippen molar-refractivity contribution in [1.82, 2.24) is 25.5 Å². The van der Waals surface area contributed by atoms with Crippen LogP contribution < -0.4 is 5.32 Å². The lowest BCUT2D eigenvalue weighted by Gasteiger charge is -2.26. The molecule has 2 heterocycles. The summed E-state index contributed by atoms with van der Waals surface area (Å²) in [6, 6.07) is 0.131. The van der Waals surface area contributed by atoms with E-state index in [4.69, 9.17) is 9.47 Å². The van der Waals surface area contributed by atoms with Crippen LogP contribution in [0.3, 0.4) is 0 Å². The van der Waals surface area contributed by atoms with E-state index in [0.717, 1.165) is 31.8 Å². The monoisotopic (exact) mass is 269 g/mol. The highest BCUT2D eigenvalue weighted by Crippen LogP contribution is 2.25. The van der Waals surface area contributed by atoms with E-state index in [-0.39, 0.29) is 11.6 Å². The zero-order valence-corrected chi connectivity index (χ0v) is 11.9. The fourth-order valence-electron chi connectivity index (χ4n) is 2.30. The average molecular weight is 269 g/mol. The molecule has 7 nitrogen and oxygen atoms in total. The Kier molecular flexibility index (Phi) is 4.84. The van der Waals surface area contributed by atoms with E-state index in [1.807, 2.05) is 4.68 Å². The van der Waals surface area contributed by atoms with Crippen molar-refractivity contribution in [2.24, 2.45) is 0 Å². The molecule has 19 heavy (non-hydrogen) atoms. The molecule has 2 unspecified atom stereocenters. The molecule has 0 spiro atoms. The predicted molar refractivity (Wildman–Crippen MR) is 69.7 cm³/mol. The normalized spacial score (nSPS) is 24.8. The molecule has 1 aliphatic heterocycles. The zero-order valence-electron chi connectivity index (χ0n) is 11.9. The highest BCUT2D eigenvalue weighted by atomic mass is 16.5. The lowest BCUT2D eigenvalue weighted by atomic mass is 10.0. The first-order valence-electron chi connectivity index (χ1n) is 6.83. The third-order valence-electron chi connectivity index (χ3n) is 3.59.